The van der Waals surface area contributed by atoms with Gasteiger partial charge in [-0.1, -0.05) is 52.0 Å². The minimum atomic E-state index is -0.190. The van der Waals surface area contributed by atoms with Gasteiger partial charge in [-0.2, -0.15) is 0 Å². The maximum atomic E-state index is 12.2. The summed E-state index contributed by atoms with van der Waals surface area (Å²) in [5.41, 5.74) is 2.94. The van der Waals surface area contributed by atoms with Crippen molar-refractivity contribution in [2.24, 2.45) is 0 Å². The molecule has 0 spiro atoms. The summed E-state index contributed by atoms with van der Waals surface area (Å²) >= 11 is 4.72. The minimum Gasteiger partial charge on any atom is -0.333 e. The first-order chi connectivity index (χ1) is 12.5. The highest BCUT2D eigenvalue weighted by molar-refractivity contribution is 9.10. The third kappa shape index (κ3) is 4.62. The zero-order valence-electron chi connectivity index (χ0n) is 14.0. The van der Waals surface area contributed by atoms with Crippen LogP contribution in [-0.4, -0.2) is 27.4 Å². The van der Waals surface area contributed by atoms with Crippen LogP contribution in [0.3, 0.4) is 0 Å². The second-order valence-corrected chi connectivity index (χ2v) is 7.43. The number of nitrogens with one attached hydrogen (secondary N) is 2. The highest BCUT2D eigenvalue weighted by atomic mass is 79.9. The van der Waals surface area contributed by atoms with E-state index in [-0.39, 0.29) is 17.4 Å². The Bertz CT molecular complexity index is 938. The van der Waals surface area contributed by atoms with Crippen LogP contribution in [0.5, 0.6) is 0 Å². The highest BCUT2D eigenvalue weighted by Gasteiger charge is 2.11. The largest absolute Gasteiger partial charge is 0.333 e. The van der Waals surface area contributed by atoms with Gasteiger partial charge in [0.1, 0.15) is 0 Å². The molecule has 0 saturated carbocycles. The molecule has 1 heterocycles. The van der Waals surface area contributed by atoms with Crippen molar-refractivity contribution in [2.75, 3.05) is 11.1 Å². The average molecular weight is 430 g/mol. The number of ketones is 1. The Morgan fingerprint density at radius 3 is 2.62 bits per heavy atom. The number of aromatic amines is 1. The van der Waals surface area contributed by atoms with Gasteiger partial charge in [0.2, 0.25) is 5.91 Å². The molecule has 132 valence electrons. The molecule has 0 bridgehead atoms. The topological polar surface area (TPSA) is 74.8 Å². The number of aromatic nitrogens is 2. The maximum Gasteiger partial charge on any atom is 0.234 e. The van der Waals surface area contributed by atoms with E-state index in [9.17, 15) is 9.59 Å². The van der Waals surface area contributed by atoms with E-state index in [2.05, 4.69) is 31.2 Å². The number of Topliss-reactive ketones (excluding diaryl/α,β-unsaturated/α-hetero) is 1. The van der Waals surface area contributed by atoms with Gasteiger partial charge in [0.25, 0.3) is 0 Å². The minimum absolute atomic E-state index is 0.0845. The van der Waals surface area contributed by atoms with Crippen LogP contribution in [-0.2, 0) is 4.79 Å². The Labute approximate surface area is 163 Å². The van der Waals surface area contributed by atoms with Crippen molar-refractivity contribution in [2.45, 2.75) is 12.1 Å². The van der Waals surface area contributed by atoms with Gasteiger partial charge in [-0.3, -0.25) is 9.59 Å². The Hall–Kier alpha value is -2.38. The van der Waals surface area contributed by atoms with Crippen LogP contribution < -0.4 is 5.32 Å². The molecule has 2 N–H and O–H groups in total. The molecule has 3 rings (SSSR count). The zero-order valence-corrected chi connectivity index (χ0v) is 16.4. The Morgan fingerprint density at radius 1 is 1.15 bits per heavy atom. The molecule has 3 aromatic rings. The fraction of sp³-hybridized carbons (Fsp3) is 0.105. The van der Waals surface area contributed by atoms with Crippen LogP contribution in [0.4, 0.5) is 5.69 Å². The molecule has 0 aliphatic carbocycles. The summed E-state index contributed by atoms with van der Waals surface area (Å²) in [7, 11) is 0. The van der Waals surface area contributed by atoms with Crippen molar-refractivity contribution in [3.63, 3.8) is 0 Å². The fourth-order valence-corrected chi connectivity index (χ4v) is 3.29. The molecule has 0 atom stereocenters. The Morgan fingerprint density at radius 2 is 1.88 bits per heavy atom. The van der Waals surface area contributed by atoms with E-state index in [0.29, 0.717) is 16.4 Å². The van der Waals surface area contributed by atoms with Gasteiger partial charge in [0.15, 0.2) is 10.9 Å². The van der Waals surface area contributed by atoms with E-state index in [1.807, 2.05) is 24.3 Å². The predicted octanol–water partition coefficient (Wildman–Crippen LogP) is 4.77. The quantitative estimate of drug-likeness (QED) is 0.436. The second kappa shape index (κ2) is 8.33. The van der Waals surface area contributed by atoms with E-state index >= 15 is 0 Å². The van der Waals surface area contributed by atoms with E-state index in [4.69, 9.17) is 0 Å². The first-order valence-electron chi connectivity index (χ1n) is 7.86. The molecule has 26 heavy (non-hydrogen) atoms. The van der Waals surface area contributed by atoms with E-state index in [0.717, 1.165) is 15.7 Å². The number of imidazole rings is 1. The molecule has 1 amide bonds. The van der Waals surface area contributed by atoms with Crippen LogP contribution in [0, 0.1) is 0 Å². The molecule has 0 aliphatic rings. The van der Waals surface area contributed by atoms with Crippen molar-refractivity contribution >= 4 is 45.1 Å². The normalized spacial score (nSPS) is 10.5. The lowest BCUT2D eigenvalue weighted by molar-refractivity contribution is -0.113. The van der Waals surface area contributed by atoms with Crippen LogP contribution in [0.15, 0.2) is 64.4 Å². The molecule has 0 aliphatic heterocycles. The second-order valence-electron chi connectivity index (χ2n) is 5.55. The maximum absolute atomic E-state index is 12.2. The number of rotatable bonds is 6. The van der Waals surface area contributed by atoms with Crippen molar-refractivity contribution in [1.29, 1.82) is 0 Å². The van der Waals surface area contributed by atoms with E-state index in [1.165, 1.54) is 18.7 Å². The van der Waals surface area contributed by atoms with Gasteiger partial charge in [0, 0.05) is 10.0 Å². The summed E-state index contributed by atoms with van der Waals surface area (Å²) in [4.78, 5) is 31.3. The van der Waals surface area contributed by atoms with Crippen LogP contribution in [0.25, 0.3) is 11.3 Å². The number of amides is 1. The summed E-state index contributed by atoms with van der Waals surface area (Å²) in [6.45, 7) is 1.48. The van der Waals surface area contributed by atoms with Crippen molar-refractivity contribution in [3.8, 4) is 11.3 Å². The number of para-hydroxylation sites is 1. The molecule has 1 aromatic heterocycles. The number of hydrogen-bond acceptors (Lipinski definition) is 4. The number of hydrogen-bond donors (Lipinski definition) is 2. The van der Waals surface area contributed by atoms with E-state index in [1.54, 1.807) is 30.5 Å². The third-order valence-corrected chi connectivity index (χ3v) is 5.04. The monoisotopic (exact) mass is 429 g/mol. The molecule has 0 saturated heterocycles. The highest BCUT2D eigenvalue weighted by Crippen LogP contribution is 2.23. The van der Waals surface area contributed by atoms with Crippen LogP contribution in [0.1, 0.15) is 17.3 Å². The average Bonchev–Trinajstić information content (AvgIpc) is 3.10. The summed E-state index contributed by atoms with van der Waals surface area (Å²) in [6.07, 6.45) is 1.74. The lowest BCUT2D eigenvalue weighted by Crippen LogP contribution is -2.16. The summed E-state index contributed by atoms with van der Waals surface area (Å²) < 4.78 is 1.01. The van der Waals surface area contributed by atoms with Gasteiger partial charge in [-0.05, 0) is 36.8 Å². The number of benzene rings is 2. The number of anilines is 1. The third-order valence-electron chi connectivity index (χ3n) is 3.63. The Balaban J connectivity index is 1.60. The molecule has 0 fully saturated rings. The van der Waals surface area contributed by atoms with Gasteiger partial charge >= 0.3 is 0 Å². The van der Waals surface area contributed by atoms with Crippen LogP contribution >= 0.6 is 27.7 Å². The van der Waals surface area contributed by atoms with Gasteiger partial charge in [0.05, 0.1) is 23.3 Å². The molecule has 2 aromatic carbocycles. The summed E-state index contributed by atoms with van der Waals surface area (Å²) in [5, 5.41) is 3.44. The smallest absolute Gasteiger partial charge is 0.234 e. The van der Waals surface area contributed by atoms with Crippen molar-refractivity contribution < 1.29 is 9.59 Å². The van der Waals surface area contributed by atoms with Gasteiger partial charge in [-0.15, -0.1) is 0 Å². The first-order valence-corrected chi connectivity index (χ1v) is 9.64. The van der Waals surface area contributed by atoms with E-state index < -0.39 is 0 Å². The molecular weight excluding hydrogens is 414 g/mol. The fourth-order valence-electron chi connectivity index (χ4n) is 2.37. The van der Waals surface area contributed by atoms with Gasteiger partial charge in [-0.25, -0.2) is 4.98 Å². The molecule has 0 radical (unpaired) electrons. The zero-order chi connectivity index (χ0) is 18.5. The predicted molar refractivity (Wildman–Crippen MR) is 108 cm³/mol. The van der Waals surface area contributed by atoms with Crippen molar-refractivity contribution in [1.82, 2.24) is 9.97 Å². The molecule has 7 heteroatoms. The van der Waals surface area contributed by atoms with Crippen molar-refractivity contribution in [3.05, 3.63) is 64.8 Å². The number of carbonyl (C=O) groups is 2. The summed E-state index contributed by atoms with van der Waals surface area (Å²) in [5.74, 6) is -0.0801. The number of halogens is 1. The SMILES string of the molecule is CC(=O)c1ccccc1NC(=O)CSc1ncc(-c2ccc(Br)cc2)[nH]1. The number of carbonyl (C=O) groups excluding carboxylic acids is 2. The standard InChI is InChI=1S/C19H16BrN3O2S/c1-12(24)15-4-2-3-5-16(15)22-18(25)11-26-19-21-10-17(23-19)13-6-8-14(20)9-7-13/h2-10H,11H2,1H3,(H,21,23)(H,22,25). The van der Waals surface area contributed by atoms with Gasteiger partial charge < -0.3 is 10.3 Å². The molecular formula is C19H16BrN3O2S. The lowest BCUT2D eigenvalue weighted by Gasteiger charge is -2.08. The Kier molecular flexibility index (Phi) is 5.90. The number of thioether (sulfide) groups is 1. The number of nitrogens with zero attached hydrogens (tertiary/aromatic N) is 1. The molecule has 5 nitrogen and oxygen atoms in total. The lowest BCUT2D eigenvalue weighted by atomic mass is 10.1. The molecule has 0 unspecified atom stereocenters. The number of H-pyrrole nitrogens is 1. The first kappa shape index (κ1) is 18.4. The van der Waals surface area contributed by atoms with Crippen LogP contribution in [0.2, 0.25) is 0 Å². The summed E-state index contributed by atoms with van der Waals surface area (Å²) in [6, 6.07) is 14.9.